The predicted molar refractivity (Wildman–Crippen MR) is 137 cm³/mol. The van der Waals surface area contributed by atoms with Crippen molar-refractivity contribution in [3.8, 4) is 0 Å². The van der Waals surface area contributed by atoms with E-state index in [1.807, 2.05) is 24.3 Å². The smallest absolute Gasteiger partial charge is 0.300 e. The average molecular weight is 542 g/mol. The molecule has 1 aromatic rings. The Bertz CT molecular complexity index is 980. The molecule has 2 atom stereocenters. The van der Waals surface area contributed by atoms with Gasteiger partial charge in [0.2, 0.25) is 6.43 Å². The van der Waals surface area contributed by atoms with Crippen LogP contribution in [0.5, 0.6) is 0 Å². The first-order valence-electron chi connectivity index (χ1n) is 12.4. The van der Waals surface area contributed by atoms with Crippen LogP contribution in [0.1, 0.15) is 44.6 Å². The van der Waals surface area contributed by atoms with Crippen molar-refractivity contribution in [1.29, 1.82) is 0 Å². The van der Waals surface area contributed by atoms with Gasteiger partial charge >= 0.3 is 0 Å². The molecule has 3 aliphatic heterocycles. The fraction of sp³-hybridized carbons (Fsp3) is 0.600. The number of aliphatic carboxylic acids is 1. The topological polar surface area (TPSA) is 121 Å². The van der Waals surface area contributed by atoms with Gasteiger partial charge in [0.15, 0.2) is 5.78 Å². The van der Waals surface area contributed by atoms with Gasteiger partial charge < -0.3 is 20.5 Å². The maximum Gasteiger partial charge on any atom is 0.300 e. The quantitative estimate of drug-likeness (QED) is 0.543. The zero-order valence-electron chi connectivity index (χ0n) is 20.9. The van der Waals surface area contributed by atoms with Gasteiger partial charge in [0, 0.05) is 56.5 Å². The van der Waals surface area contributed by atoms with Gasteiger partial charge in [-0.3, -0.25) is 14.5 Å². The normalized spacial score (nSPS) is 22.8. The number of Topliss-reactive ketones (excluding diaryl/α,β-unsaturated/α-hetero) is 1. The number of hydrogen-bond acceptors (Lipinski definition) is 8. The van der Waals surface area contributed by atoms with E-state index in [0.717, 1.165) is 50.7 Å². The Morgan fingerprint density at radius 1 is 1.22 bits per heavy atom. The van der Waals surface area contributed by atoms with Crippen molar-refractivity contribution < 1.29 is 28.2 Å². The molecular weight excluding hydrogens is 508 g/mol. The van der Waals surface area contributed by atoms with Gasteiger partial charge in [-0.05, 0) is 37.0 Å². The predicted octanol–water partition coefficient (Wildman–Crippen LogP) is 3.20. The Balaban J connectivity index is 0.000000886. The molecule has 0 amide bonds. The maximum absolute atomic E-state index is 12.6. The molecule has 2 saturated heterocycles. The number of benzene rings is 1. The number of piperidine rings is 1. The van der Waals surface area contributed by atoms with Crippen LogP contribution in [-0.4, -0.2) is 89.2 Å². The largest absolute Gasteiger partial charge is 0.481 e. The summed E-state index contributed by atoms with van der Waals surface area (Å²) in [6.45, 7) is 3.58. The van der Waals surface area contributed by atoms with E-state index in [9.17, 15) is 13.6 Å². The number of rotatable bonds is 7. The zero-order valence-corrected chi connectivity index (χ0v) is 21.6. The fourth-order valence-corrected chi connectivity index (χ4v) is 4.95. The second kappa shape index (κ2) is 13.8. The summed E-state index contributed by atoms with van der Waals surface area (Å²) in [4.78, 5) is 26.1. The Hall–Kier alpha value is -2.63. The number of alkyl halides is 2. The molecule has 0 bridgehead atoms. The van der Waals surface area contributed by atoms with Crippen LogP contribution in [0.25, 0.3) is 0 Å². The number of carbonyl (C=O) groups is 2. The van der Waals surface area contributed by atoms with Gasteiger partial charge in [0.25, 0.3) is 5.97 Å². The summed E-state index contributed by atoms with van der Waals surface area (Å²) >= 11 is 6.03. The number of carboxylic acid groups (broad SMARTS) is 1. The third-order valence-electron chi connectivity index (χ3n) is 6.62. The van der Waals surface area contributed by atoms with Crippen molar-refractivity contribution >= 4 is 35.0 Å². The number of likely N-dealkylation sites (tertiary alicyclic amines) is 1. The van der Waals surface area contributed by atoms with Crippen LogP contribution in [0.4, 0.5) is 8.78 Å². The first-order valence-corrected chi connectivity index (χ1v) is 12.8. The zero-order chi connectivity index (χ0) is 26.9. The van der Waals surface area contributed by atoms with Crippen molar-refractivity contribution in [3.05, 3.63) is 34.9 Å². The van der Waals surface area contributed by atoms with Crippen LogP contribution in [0.15, 0.2) is 34.5 Å². The van der Waals surface area contributed by atoms with Crippen LogP contribution >= 0.6 is 11.6 Å². The number of morpholine rings is 1. The molecule has 1 aromatic carbocycles. The van der Waals surface area contributed by atoms with E-state index >= 15 is 0 Å². The van der Waals surface area contributed by atoms with E-state index in [-0.39, 0.29) is 24.3 Å². The first kappa shape index (κ1) is 28.9. The van der Waals surface area contributed by atoms with Crippen LogP contribution in [0.3, 0.4) is 0 Å². The van der Waals surface area contributed by atoms with Crippen LogP contribution in [-0.2, 0) is 20.7 Å². The summed E-state index contributed by atoms with van der Waals surface area (Å²) in [5.41, 5.74) is 6.91. The first-order chi connectivity index (χ1) is 17.6. The number of amidine groups is 2. The molecule has 9 nitrogen and oxygen atoms in total. The van der Waals surface area contributed by atoms with Crippen molar-refractivity contribution in [2.75, 3.05) is 26.2 Å². The second-order valence-corrected chi connectivity index (χ2v) is 9.86. The summed E-state index contributed by atoms with van der Waals surface area (Å²) in [6.07, 6.45) is -0.532. The molecule has 12 heteroatoms. The van der Waals surface area contributed by atoms with Crippen LogP contribution in [0.2, 0.25) is 5.02 Å². The highest BCUT2D eigenvalue weighted by Crippen LogP contribution is 2.27. The highest BCUT2D eigenvalue weighted by molar-refractivity contribution is 6.30. The Morgan fingerprint density at radius 3 is 2.43 bits per heavy atom. The van der Waals surface area contributed by atoms with E-state index in [1.54, 1.807) is 0 Å². The van der Waals surface area contributed by atoms with Gasteiger partial charge in [-0.1, -0.05) is 23.7 Å². The molecule has 0 unspecified atom stereocenters. The minimum absolute atomic E-state index is 0.102. The number of carboxylic acids is 1. The highest BCUT2D eigenvalue weighted by Gasteiger charge is 2.38. The molecule has 0 saturated carbocycles. The van der Waals surface area contributed by atoms with Crippen LogP contribution < -0.4 is 5.73 Å². The Labute approximate surface area is 220 Å². The molecule has 0 radical (unpaired) electrons. The number of halogens is 3. The molecule has 0 spiro atoms. The number of carbonyl (C=O) groups excluding carboxylic acids is 1. The van der Waals surface area contributed by atoms with E-state index in [4.69, 9.17) is 32.0 Å². The summed E-state index contributed by atoms with van der Waals surface area (Å²) < 4.78 is 31.1. The van der Waals surface area contributed by atoms with Crippen molar-refractivity contribution in [1.82, 2.24) is 9.80 Å². The third-order valence-corrected chi connectivity index (χ3v) is 6.87. The minimum atomic E-state index is -2.48. The van der Waals surface area contributed by atoms with Crippen molar-refractivity contribution in [2.45, 2.75) is 70.1 Å². The van der Waals surface area contributed by atoms with E-state index in [1.165, 1.54) is 0 Å². The molecule has 37 heavy (non-hydrogen) atoms. The van der Waals surface area contributed by atoms with E-state index in [0.29, 0.717) is 30.4 Å². The number of ketones is 1. The van der Waals surface area contributed by atoms with Gasteiger partial charge in [0.1, 0.15) is 17.8 Å². The molecule has 204 valence electrons. The lowest BCUT2D eigenvalue weighted by Gasteiger charge is -2.46. The molecular formula is C25H34ClF2N5O4. The van der Waals surface area contributed by atoms with Gasteiger partial charge in [-0.2, -0.15) is 0 Å². The van der Waals surface area contributed by atoms with Crippen molar-refractivity contribution in [3.63, 3.8) is 0 Å². The Kier molecular flexibility index (Phi) is 10.8. The van der Waals surface area contributed by atoms with E-state index < -0.39 is 24.9 Å². The lowest BCUT2D eigenvalue weighted by Crippen LogP contribution is -2.58. The van der Waals surface area contributed by atoms with Gasteiger partial charge in [-0.15, -0.1) is 10.2 Å². The summed E-state index contributed by atoms with van der Waals surface area (Å²) in [6, 6.07) is 8.13. The lowest BCUT2D eigenvalue weighted by atomic mass is 9.95. The molecule has 2 fully saturated rings. The Morgan fingerprint density at radius 2 is 1.86 bits per heavy atom. The molecule has 4 rings (SSSR count). The van der Waals surface area contributed by atoms with Crippen LogP contribution in [0, 0.1) is 0 Å². The number of nitrogens with zero attached hydrogens (tertiary/aromatic N) is 4. The monoisotopic (exact) mass is 541 g/mol. The van der Waals surface area contributed by atoms with Crippen molar-refractivity contribution in [2.24, 2.45) is 15.9 Å². The van der Waals surface area contributed by atoms with Gasteiger partial charge in [0.05, 0.1) is 13.0 Å². The molecule has 0 aromatic heterocycles. The number of nitrogens with two attached hydrogens (primary N) is 1. The van der Waals surface area contributed by atoms with E-state index in [2.05, 4.69) is 20.0 Å². The second-order valence-electron chi connectivity index (χ2n) is 9.42. The average Bonchev–Trinajstić information content (AvgIpc) is 3.30. The molecule has 0 aliphatic carbocycles. The minimum Gasteiger partial charge on any atom is -0.481 e. The summed E-state index contributed by atoms with van der Waals surface area (Å²) in [5, 5.41) is 16.2. The molecule has 3 aliphatic rings. The van der Waals surface area contributed by atoms with Gasteiger partial charge in [-0.25, -0.2) is 8.78 Å². The number of hydrogen-bond donors (Lipinski definition) is 2. The number of ether oxygens (including phenoxy) is 1. The lowest BCUT2D eigenvalue weighted by molar-refractivity contribution is -0.144. The maximum atomic E-state index is 12.6. The highest BCUT2D eigenvalue weighted by atomic mass is 35.5. The third kappa shape index (κ3) is 9.01. The molecule has 3 N–H and O–H groups in total. The SMILES string of the molecule is CC(=O)O.NC1=NN=C(N2CCC(N3C[C@H](C(=O)CCC(F)F)OC[C@@H]3Cc3ccc(Cl)cc3)CC2)C1. The molecule has 3 heterocycles. The summed E-state index contributed by atoms with van der Waals surface area (Å²) in [7, 11) is 0. The standard InChI is InChI=1S/C23H30ClF2N5O2.C2H4O2/c24-16-3-1-15(2-4-16)11-18-14-33-20(19(32)5-6-21(25)26)13-31(18)17-7-9-30(10-8-17)23-12-22(27)28-29-23;1-2(3)4/h1-4,17-18,20-21H,5-14H2,(H2,27,28);1H3,(H,3,4)/t18-,20+;/m0./s1. The fourth-order valence-electron chi connectivity index (χ4n) is 4.82. The summed E-state index contributed by atoms with van der Waals surface area (Å²) in [5.74, 6) is 0.370.